The summed E-state index contributed by atoms with van der Waals surface area (Å²) in [5.74, 6) is -0.322. The van der Waals surface area contributed by atoms with E-state index in [4.69, 9.17) is 14.9 Å². The average Bonchev–Trinajstić information content (AvgIpc) is 2.76. The molecule has 0 bridgehead atoms. The lowest BCUT2D eigenvalue weighted by atomic mass is 10.1. The smallest absolute Gasteiger partial charge is 0.305 e. The fourth-order valence-electron chi connectivity index (χ4n) is 2.34. The van der Waals surface area contributed by atoms with Gasteiger partial charge in [-0.15, -0.1) is 0 Å². The number of esters is 1. The van der Waals surface area contributed by atoms with Crippen LogP contribution < -0.4 is 0 Å². The van der Waals surface area contributed by atoms with Gasteiger partial charge in [-0.3, -0.25) is 4.79 Å². The molecule has 0 saturated heterocycles. The lowest BCUT2D eigenvalue weighted by Gasteiger charge is -2.08. The van der Waals surface area contributed by atoms with Crippen LogP contribution in [-0.2, 0) is 9.53 Å². The highest BCUT2D eigenvalue weighted by Gasteiger charge is 2.07. The van der Waals surface area contributed by atoms with Crippen LogP contribution in [0, 0.1) is 0 Å². The van der Waals surface area contributed by atoms with Crippen molar-refractivity contribution in [2.45, 2.75) is 76.9 Å². The Morgan fingerprint density at radius 3 is 2.13 bits per heavy atom. The summed E-state index contributed by atoms with van der Waals surface area (Å²) in [7, 11) is 0. The van der Waals surface area contributed by atoms with Gasteiger partial charge in [-0.05, 0) is 44.9 Å². The second-order valence-corrected chi connectivity index (χ2v) is 7.03. The van der Waals surface area contributed by atoms with Crippen molar-refractivity contribution in [3.8, 4) is 0 Å². The number of aliphatic hydroxyl groups is 3. The molecule has 0 aromatic carbocycles. The van der Waals surface area contributed by atoms with E-state index in [1.54, 1.807) is 6.08 Å². The number of hydrogen-bond acceptors (Lipinski definition) is 5. The molecule has 0 heterocycles. The molecule has 170 valence electrons. The van der Waals surface area contributed by atoms with E-state index in [0.29, 0.717) is 6.42 Å². The Morgan fingerprint density at radius 2 is 1.50 bits per heavy atom. The maximum Gasteiger partial charge on any atom is 0.305 e. The molecule has 0 amide bonds. The fourth-order valence-corrected chi connectivity index (χ4v) is 2.34. The van der Waals surface area contributed by atoms with Gasteiger partial charge in [0.2, 0.25) is 0 Å². The summed E-state index contributed by atoms with van der Waals surface area (Å²) in [6, 6.07) is 0. The van der Waals surface area contributed by atoms with Crippen LogP contribution in [0.5, 0.6) is 0 Å². The van der Waals surface area contributed by atoms with Gasteiger partial charge in [0.1, 0.15) is 12.7 Å². The zero-order valence-electron chi connectivity index (χ0n) is 18.4. The lowest BCUT2D eigenvalue weighted by molar-refractivity contribution is -0.147. The third-order valence-corrected chi connectivity index (χ3v) is 4.21. The number of aliphatic hydroxyl groups excluding tert-OH is 3. The van der Waals surface area contributed by atoms with Crippen molar-refractivity contribution >= 4 is 5.97 Å². The van der Waals surface area contributed by atoms with Crippen LogP contribution in [0.2, 0.25) is 0 Å². The van der Waals surface area contributed by atoms with Crippen LogP contribution in [0.3, 0.4) is 0 Å². The predicted octanol–water partition coefficient (Wildman–Crippen LogP) is 4.56. The normalized spacial score (nSPS) is 14.7. The first-order valence-electron chi connectivity index (χ1n) is 11.0. The Balaban J connectivity index is 3.53. The van der Waals surface area contributed by atoms with Crippen LogP contribution >= 0.6 is 0 Å². The van der Waals surface area contributed by atoms with Crippen LogP contribution in [0.25, 0.3) is 0 Å². The third-order valence-electron chi connectivity index (χ3n) is 4.21. The van der Waals surface area contributed by atoms with E-state index in [9.17, 15) is 9.90 Å². The minimum atomic E-state index is -0.985. The zero-order valence-corrected chi connectivity index (χ0v) is 18.4. The predicted molar refractivity (Wildman–Crippen MR) is 123 cm³/mol. The second kappa shape index (κ2) is 21.8. The van der Waals surface area contributed by atoms with Crippen molar-refractivity contribution in [1.82, 2.24) is 0 Å². The highest BCUT2D eigenvalue weighted by Crippen LogP contribution is 2.05. The largest absolute Gasteiger partial charge is 0.463 e. The quantitative estimate of drug-likeness (QED) is 0.131. The number of ether oxygens (including phenoxy) is 1. The number of allylic oxidation sites excluding steroid dienone is 9. The van der Waals surface area contributed by atoms with Crippen LogP contribution in [0.1, 0.15) is 64.7 Å². The summed E-state index contributed by atoms with van der Waals surface area (Å²) in [4.78, 5) is 11.4. The van der Waals surface area contributed by atoms with Crippen molar-refractivity contribution in [2.24, 2.45) is 0 Å². The van der Waals surface area contributed by atoms with Crippen LogP contribution in [0.15, 0.2) is 60.8 Å². The van der Waals surface area contributed by atoms with E-state index < -0.39 is 12.7 Å². The molecule has 0 aliphatic rings. The molecule has 0 rings (SSSR count). The topological polar surface area (TPSA) is 87.0 Å². The van der Waals surface area contributed by atoms with Gasteiger partial charge in [-0.25, -0.2) is 0 Å². The minimum Gasteiger partial charge on any atom is -0.463 e. The van der Waals surface area contributed by atoms with Crippen LogP contribution in [0.4, 0.5) is 0 Å². The van der Waals surface area contributed by atoms with Crippen molar-refractivity contribution in [1.29, 1.82) is 0 Å². The molecule has 2 atom stereocenters. The molecule has 5 nitrogen and oxygen atoms in total. The standard InChI is InChI=1S/C25H40O5/c1-2-23(27)19-17-15-13-11-9-7-5-3-4-6-8-10-12-14-16-18-20-25(29)30-22-24(28)21-26/h3-4,7-10,13,15,17,19,23-24,26-28H,2,5-6,11-12,14,16,18,20-22H2,1H3/b4-3-,9-7-,10-8-,15-13-,19-17+. The molecule has 3 N–H and O–H groups in total. The summed E-state index contributed by atoms with van der Waals surface area (Å²) >= 11 is 0. The van der Waals surface area contributed by atoms with Crippen molar-refractivity contribution in [3.05, 3.63) is 60.8 Å². The second-order valence-electron chi connectivity index (χ2n) is 7.03. The van der Waals surface area contributed by atoms with Gasteiger partial charge < -0.3 is 20.1 Å². The highest BCUT2D eigenvalue weighted by atomic mass is 16.5. The molecular weight excluding hydrogens is 380 g/mol. The van der Waals surface area contributed by atoms with Crippen molar-refractivity contribution in [2.75, 3.05) is 13.2 Å². The molecule has 0 aromatic rings. The maximum absolute atomic E-state index is 11.4. The maximum atomic E-state index is 11.4. The average molecular weight is 421 g/mol. The van der Waals surface area contributed by atoms with Crippen molar-refractivity contribution in [3.63, 3.8) is 0 Å². The molecule has 0 aromatic heterocycles. The van der Waals surface area contributed by atoms with Crippen LogP contribution in [-0.4, -0.2) is 46.7 Å². The Bertz CT molecular complexity index is 546. The lowest BCUT2D eigenvalue weighted by Crippen LogP contribution is -2.21. The van der Waals surface area contributed by atoms with Gasteiger partial charge in [0, 0.05) is 6.42 Å². The number of hydrogen-bond donors (Lipinski definition) is 3. The van der Waals surface area contributed by atoms with E-state index in [0.717, 1.165) is 51.4 Å². The summed E-state index contributed by atoms with van der Waals surface area (Å²) < 4.78 is 4.85. The Hall–Kier alpha value is -1.95. The SMILES string of the molecule is CCC(O)/C=C/C=C\C/C=C\C/C=C\C/C=C\CCCCCC(=O)OCC(O)CO. The minimum absolute atomic E-state index is 0.138. The molecule has 0 spiro atoms. The number of unbranched alkanes of at least 4 members (excludes halogenated alkanes) is 3. The molecule has 0 aliphatic heterocycles. The van der Waals surface area contributed by atoms with Gasteiger partial charge in [-0.2, -0.15) is 0 Å². The summed E-state index contributed by atoms with van der Waals surface area (Å²) in [6.45, 7) is 1.42. The number of rotatable bonds is 18. The first-order valence-corrected chi connectivity index (χ1v) is 11.0. The summed E-state index contributed by atoms with van der Waals surface area (Å²) in [6.07, 6.45) is 26.9. The molecule has 5 heteroatoms. The van der Waals surface area contributed by atoms with Gasteiger partial charge in [0.25, 0.3) is 0 Å². The van der Waals surface area contributed by atoms with Gasteiger partial charge in [0.15, 0.2) is 0 Å². The van der Waals surface area contributed by atoms with Gasteiger partial charge >= 0.3 is 5.97 Å². The fraction of sp³-hybridized carbons (Fsp3) is 0.560. The zero-order chi connectivity index (χ0) is 22.3. The first-order chi connectivity index (χ1) is 14.6. The number of carbonyl (C=O) groups is 1. The van der Waals surface area contributed by atoms with Crippen molar-refractivity contribution < 1.29 is 24.9 Å². The first kappa shape index (κ1) is 28.1. The molecule has 0 saturated carbocycles. The summed E-state index contributed by atoms with van der Waals surface area (Å²) in [5, 5.41) is 27.1. The summed E-state index contributed by atoms with van der Waals surface area (Å²) in [5.41, 5.74) is 0. The molecule has 0 radical (unpaired) electrons. The molecule has 0 aliphatic carbocycles. The Labute approximate surface area is 182 Å². The molecule has 30 heavy (non-hydrogen) atoms. The Kier molecular flexibility index (Phi) is 20.3. The number of carbonyl (C=O) groups excluding carboxylic acids is 1. The molecule has 0 fully saturated rings. The molecule has 2 unspecified atom stereocenters. The van der Waals surface area contributed by atoms with Gasteiger partial charge in [0.05, 0.1) is 12.7 Å². The van der Waals surface area contributed by atoms with E-state index in [2.05, 4.69) is 42.5 Å². The van der Waals surface area contributed by atoms with Gasteiger partial charge in [-0.1, -0.05) is 74.1 Å². The van der Waals surface area contributed by atoms with E-state index >= 15 is 0 Å². The highest BCUT2D eigenvalue weighted by molar-refractivity contribution is 5.69. The monoisotopic (exact) mass is 420 g/mol. The Morgan fingerprint density at radius 1 is 0.867 bits per heavy atom. The third kappa shape index (κ3) is 20.8. The van der Waals surface area contributed by atoms with E-state index in [1.165, 1.54) is 0 Å². The molecular formula is C25H40O5. The van der Waals surface area contributed by atoms with E-state index in [1.807, 2.05) is 19.1 Å². The van der Waals surface area contributed by atoms with E-state index in [-0.39, 0.29) is 18.7 Å².